The molecule has 0 amide bonds. The van der Waals surface area contributed by atoms with Crippen molar-refractivity contribution in [2.75, 3.05) is 0 Å². The lowest BCUT2D eigenvalue weighted by atomic mass is 9.66. The second-order valence-corrected chi connectivity index (χ2v) is 12.3. The van der Waals surface area contributed by atoms with E-state index in [1.54, 1.807) is 0 Å². The van der Waals surface area contributed by atoms with Crippen molar-refractivity contribution in [2.24, 2.45) is 0 Å². The lowest BCUT2D eigenvalue weighted by Gasteiger charge is -2.39. The number of fused-ring (bicyclic) bond motifs is 10. The fourth-order valence-corrected chi connectivity index (χ4v) is 7.84. The van der Waals surface area contributed by atoms with Gasteiger partial charge in [-0.3, -0.25) is 4.98 Å². The molecule has 0 atom stereocenters. The van der Waals surface area contributed by atoms with Gasteiger partial charge in [0.15, 0.2) is 5.82 Å². The second kappa shape index (κ2) is 10.3. The first-order chi connectivity index (χ1) is 23.8. The Bertz CT molecular complexity index is 2510. The standard InChI is InChI=1S/C44H27N3O/c1-2-13-28(14-3-1)42-32-17-6-10-22-38(32)46-43(47-42)33-18-12-26-45-41(33)29-24-25-37-40(27-29)48-39-23-11-9-21-36(39)44(37)34-19-7-4-15-30(34)31-16-5-8-20-35(31)44/h1-27H. The van der Waals surface area contributed by atoms with Crippen molar-refractivity contribution in [3.63, 3.8) is 0 Å². The highest BCUT2D eigenvalue weighted by atomic mass is 16.5. The topological polar surface area (TPSA) is 47.9 Å². The van der Waals surface area contributed by atoms with Crippen molar-refractivity contribution in [3.05, 3.63) is 186 Å². The molecule has 48 heavy (non-hydrogen) atoms. The highest BCUT2D eigenvalue weighted by molar-refractivity contribution is 5.95. The molecule has 224 valence electrons. The summed E-state index contributed by atoms with van der Waals surface area (Å²) in [4.78, 5) is 15.2. The van der Waals surface area contributed by atoms with E-state index in [-0.39, 0.29) is 0 Å². The van der Waals surface area contributed by atoms with Gasteiger partial charge in [-0.1, -0.05) is 127 Å². The Hall–Kier alpha value is -6.39. The van der Waals surface area contributed by atoms with Crippen molar-refractivity contribution in [2.45, 2.75) is 5.41 Å². The lowest BCUT2D eigenvalue weighted by molar-refractivity contribution is 0.436. The third-order valence-corrected chi connectivity index (χ3v) is 9.82. The summed E-state index contributed by atoms with van der Waals surface area (Å²) >= 11 is 0. The van der Waals surface area contributed by atoms with Crippen LogP contribution >= 0.6 is 0 Å². The molecule has 0 saturated carbocycles. The fraction of sp³-hybridized carbons (Fsp3) is 0.0227. The lowest BCUT2D eigenvalue weighted by Crippen LogP contribution is -2.32. The number of benzene rings is 6. The Morgan fingerprint density at radius 1 is 0.438 bits per heavy atom. The highest BCUT2D eigenvalue weighted by Gasteiger charge is 2.50. The average Bonchev–Trinajstić information content (AvgIpc) is 3.45. The summed E-state index contributed by atoms with van der Waals surface area (Å²) in [5.74, 6) is 2.31. The van der Waals surface area contributed by atoms with E-state index in [9.17, 15) is 0 Å². The van der Waals surface area contributed by atoms with Crippen molar-refractivity contribution >= 4 is 10.9 Å². The average molecular weight is 614 g/mol. The first-order valence-electron chi connectivity index (χ1n) is 16.2. The Labute approximate surface area is 278 Å². The maximum atomic E-state index is 6.78. The summed E-state index contributed by atoms with van der Waals surface area (Å²) in [5.41, 5.74) is 12.3. The van der Waals surface area contributed by atoms with Crippen LogP contribution in [0.15, 0.2) is 164 Å². The van der Waals surface area contributed by atoms with Gasteiger partial charge in [0.1, 0.15) is 11.5 Å². The van der Waals surface area contributed by atoms with E-state index in [4.69, 9.17) is 19.7 Å². The summed E-state index contributed by atoms with van der Waals surface area (Å²) in [6, 6.07) is 55.0. The van der Waals surface area contributed by atoms with Gasteiger partial charge in [0.2, 0.25) is 0 Å². The smallest absolute Gasteiger partial charge is 0.162 e. The first kappa shape index (κ1) is 26.8. The zero-order chi connectivity index (χ0) is 31.7. The van der Waals surface area contributed by atoms with Gasteiger partial charge in [-0.2, -0.15) is 0 Å². The molecule has 0 N–H and O–H groups in total. The number of para-hydroxylation sites is 2. The third kappa shape index (κ3) is 3.74. The van der Waals surface area contributed by atoms with Crippen LogP contribution in [-0.4, -0.2) is 15.0 Å². The molecule has 0 bridgehead atoms. The monoisotopic (exact) mass is 613 g/mol. The Morgan fingerprint density at radius 3 is 1.90 bits per heavy atom. The summed E-state index contributed by atoms with van der Waals surface area (Å²) in [7, 11) is 0. The van der Waals surface area contributed by atoms with Crippen LogP contribution in [0.4, 0.5) is 0 Å². The van der Waals surface area contributed by atoms with Crippen molar-refractivity contribution in [1.29, 1.82) is 0 Å². The fourth-order valence-electron chi connectivity index (χ4n) is 7.84. The molecular formula is C44H27N3O. The van der Waals surface area contributed by atoms with Crippen molar-refractivity contribution in [3.8, 4) is 56.5 Å². The Kier molecular flexibility index (Phi) is 5.75. The van der Waals surface area contributed by atoms with Crippen LogP contribution in [0.3, 0.4) is 0 Å². The van der Waals surface area contributed by atoms with E-state index >= 15 is 0 Å². The highest BCUT2D eigenvalue weighted by Crippen LogP contribution is 2.62. The maximum absolute atomic E-state index is 6.78. The molecule has 4 nitrogen and oxygen atoms in total. The van der Waals surface area contributed by atoms with E-state index in [0.29, 0.717) is 5.82 Å². The van der Waals surface area contributed by atoms with E-state index in [0.717, 1.165) is 61.6 Å². The van der Waals surface area contributed by atoms with Gasteiger partial charge in [-0.25, -0.2) is 9.97 Å². The van der Waals surface area contributed by atoms with Crippen LogP contribution < -0.4 is 4.74 Å². The second-order valence-electron chi connectivity index (χ2n) is 12.3. The van der Waals surface area contributed by atoms with Gasteiger partial charge < -0.3 is 4.74 Å². The molecule has 2 aromatic heterocycles. The number of hydrogen-bond acceptors (Lipinski definition) is 4. The summed E-state index contributed by atoms with van der Waals surface area (Å²) in [5, 5.41) is 1.01. The molecule has 0 radical (unpaired) electrons. The van der Waals surface area contributed by atoms with E-state index in [1.165, 1.54) is 22.3 Å². The molecule has 6 aromatic carbocycles. The van der Waals surface area contributed by atoms with Gasteiger partial charge in [-0.05, 0) is 52.6 Å². The minimum Gasteiger partial charge on any atom is -0.457 e. The summed E-state index contributed by atoms with van der Waals surface area (Å²) in [6.45, 7) is 0. The zero-order valence-electron chi connectivity index (χ0n) is 25.8. The van der Waals surface area contributed by atoms with Crippen LogP contribution in [-0.2, 0) is 5.41 Å². The number of aromatic nitrogens is 3. The minimum atomic E-state index is -0.505. The predicted molar refractivity (Wildman–Crippen MR) is 191 cm³/mol. The molecule has 10 rings (SSSR count). The van der Waals surface area contributed by atoms with Crippen LogP contribution in [0.2, 0.25) is 0 Å². The van der Waals surface area contributed by atoms with E-state index in [1.807, 2.05) is 54.7 Å². The summed E-state index contributed by atoms with van der Waals surface area (Å²) in [6.07, 6.45) is 1.83. The summed E-state index contributed by atoms with van der Waals surface area (Å²) < 4.78 is 6.78. The van der Waals surface area contributed by atoms with Crippen LogP contribution in [0.25, 0.3) is 55.9 Å². The first-order valence-corrected chi connectivity index (χ1v) is 16.2. The van der Waals surface area contributed by atoms with Gasteiger partial charge in [0.05, 0.1) is 22.3 Å². The molecule has 1 spiro atoms. The van der Waals surface area contributed by atoms with Gasteiger partial charge in [0, 0.05) is 39.4 Å². The molecule has 4 heteroatoms. The van der Waals surface area contributed by atoms with Crippen LogP contribution in [0.5, 0.6) is 11.5 Å². The quantitative estimate of drug-likeness (QED) is 0.199. The number of ether oxygens (including phenoxy) is 1. The Balaban J connectivity index is 1.19. The van der Waals surface area contributed by atoms with Crippen molar-refractivity contribution in [1.82, 2.24) is 15.0 Å². The minimum absolute atomic E-state index is 0.505. The van der Waals surface area contributed by atoms with Crippen molar-refractivity contribution < 1.29 is 4.74 Å². The number of nitrogens with zero attached hydrogens (tertiary/aromatic N) is 3. The maximum Gasteiger partial charge on any atom is 0.162 e. The van der Waals surface area contributed by atoms with E-state index in [2.05, 4.69) is 109 Å². The number of hydrogen-bond donors (Lipinski definition) is 0. The predicted octanol–water partition coefficient (Wildman–Crippen LogP) is 10.5. The Morgan fingerprint density at radius 2 is 1.08 bits per heavy atom. The number of pyridine rings is 1. The molecule has 0 saturated heterocycles. The zero-order valence-corrected chi connectivity index (χ0v) is 25.8. The molecule has 1 aliphatic heterocycles. The van der Waals surface area contributed by atoms with E-state index < -0.39 is 5.41 Å². The molecule has 1 aliphatic carbocycles. The molecule has 0 unspecified atom stereocenters. The molecular weight excluding hydrogens is 587 g/mol. The van der Waals surface area contributed by atoms with Gasteiger partial charge in [-0.15, -0.1) is 0 Å². The molecule has 0 fully saturated rings. The normalized spacial score (nSPS) is 13.3. The number of rotatable bonds is 3. The molecule has 8 aromatic rings. The molecule has 3 heterocycles. The molecule has 2 aliphatic rings. The third-order valence-electron chi connectivity index (χ3n) is 9.82. The SMILES string of the molecule is c1ccc(-c2nc(-c3cccnc3-c3ccc4c(c3)Oc3ccccc3C43c4ccccc4-c4ccccc43)nc3ccccc23)cc1. The largest absolute Gasteiger partial charge is 0.457 e. The van der Waals surface area contributed by atoms with Crippen LogP contribution in [0.1, 0.15) is 22.3 Å². The van der Waals surface area contributed by atoms with Gasteiger partial charge in [0.25, 0.3) is 0 Å². The van der Waals surface area contributed by atoms with Crippen LogP contribution in [0, 0.1) is 0 Å². The van der Waals surface area contributed by atoms with Gasteiger partial charge >= 0.3 is 0 Å².